The quantitative estimate of drug-likeness (QED) is 0.782. The van der Waals surface area contributed by atoms with Crippen molar-refractivity contribution in [3.05, 3.63) is 42.6 Å². The van der Waals surface area contributed by atoms with Gasteiger partial charge in [0, 0.05) is 47.8 Å². The predicted octanol–water partition coefficient (Wildman–Crippen LogP) is 3.30. The lowest BCUT2D eigenvalue weighted by Gasteiger charge is -2.48. The Balaban J connectivity index is 1.39. The number of nitrogens with zero attached hydrogens (tertiary/aromatic N) is 4. The highest BCUT2D eigenvalue weighted by Crippen LogP contribution is 2.30. The van der Waals surface area contributed by atoms with Crippen LogP contribution < -0.4 is 4.90 Å². The molecule has 3 aromatic rings. The van der Waals surface area contributed by atoms with Gasteiger partial charge in [-0.15, -0.1) is 10.2 Å². The molecule has 2 atom stereocenters. The first-order valence-electron chi connectivity index (χ1n) is 9.16. The number of hydrogen-bond acceptors (Lipinski definition) is 4. The number of likely N-dealkylation sites (N-methyl/N-ethyl adjacent to an activating group) is 1. The van der Waals surface area contributed by atoms with Crippen molar-refractivity contribution >= 4 is 16.7 Å². The lowest BCUT2D eigenvalue weighted by molar-refractivity contribution is 0.0946. The Kier molecular flexibility index (Phi) is 3.48. The minimum absolute atomic E-state index is 0.657. The summed E-state index contributed by atoms with van der Waals surface area (Å²) >= 11 is 0. The third-order valence-electron chi connectivity index (χ3n) is 5.91. The summed E-state index contributed by atoms with van der Waals surface area (Å²) in [5.74, 6) is 1.01. The molecule has 2 aromatic heterocycles. The van der Waals surface area contributed by atoms with Gasteiger partial charge in [-0.1, -0.05) is 12.5 Å². The van der Waals surface area contributed by atoms with Gasteiger partial charge in [0.15, 0.2) is 5.82 Å². The summed E-state index contributed by atoms with van der Waals surface area (Å²) in [5.41, 5.74) is 3.19. The molecule has 128 valence electrons. The minimum Gasteiger partial charge on any atom is -0.361 e. The first-order chi connectivity index (χ1) is 12.3. The maximum absolute atomic E-state index is 4.55. The minimum atomic E-state index is 0.657. The highest BCUT2D eigenvalue weighted by atomic mass is 15.3. The second-order valence-corrected chi connectivity index (χ2v) is 7.37. The molecule has 0 aliphatic carbocycles. The van der Waals surface area contributed by atoms with E-state index in [2.05, 4.69) is 68.4 Å². The van der Waals surface area contributed by atoms with Crippen molar-refractivity contribution in [3.63, 3.8) is 0 Å². The van der Waals surface area contributed by atoms with Crippen molar-refractivity contribution in [1.82, 2.24) is 20.1 Å². The number of fused-ring (bicyclic) bond motifs is 3. The fourth-order valence-corrected chi connectivity index (χ4v) is 4.37. The third kappa shape index (κ3) is 2.59. The largest absolute Gasteiger partial charge is 0.361 e. The van der Waals surface area contributed by atoms with Gasteiger partial charge in [-0.05, 0) is 50.2 Å². The molecule has 2 fully saturated rings. The van der Waals surface area contributed by atoms with Crippen LogP contribution in [0, 0.1) is 0 Å². The number of rotatable bonds is 2. The Hall–Kier alpha value is -2.40. The second kappa shape index (κ2) is 5.85. The van der Waals surface area contributed by atoms with E-state index < -0.39 is 0 Å². The van der Waals surface area contributed by atoms with Crippen molar-refractivity contribution < 1.29 is 0 Å². The van der Waals surface area contributed by atoms with Gasteiger partial charge < -0.3 is 9.88 Å². The number of aromatic amines is 1. The summed E-state index contributed by atoms with van der Waals surface area (Å²) in [6.07, 6.45) is 5.92. The lowest BCUT2D eigenvalue weighted by atomic mass is 9.92. The average molecular weight is 333 g/mol. The average Bonchev–Trinajstić information content (AvgIpc) is 3.09. The van der Waals surface area contributed by atoms with Crippen LogP contribution in [0.3, 0.4) is 0 Å². The molecule has 0 spiro atoms. The van der Waals surface area contributed by atoms with Gasteiger partial charge in [0.25, 0.3) is 0 Å². The Morgan fingerprint density at radius 3 is 2.60 bits per heavy atom. The smallest absolute Gasteiger partial charge is 0.151 e. The van der Waals surface area contributed by atoms with E-state index in [4.69, 9.17) is 0 Å². The monoisotopic (exact) mass is 333 g/mol. The molecule has 2 bridgehead atoms. The molecule has 0 amide bonds. The lowest BCUT2D eigenvalue weighted by Crippen LogP contribution is -2.59. The molecule has 25 heavy (non-hydrogen) atoms. The van der Waals surface area contributed by atoms with E-state index in [0.717, 1.165) is 35.7 Å². The highest BCUT2D eigenvalue weighted by Gasteiger charge is 2.35. The van der Waals surface area contributed by atoms with E-state index in [1.54, 1.807) is 0 Å². The summed E-state index contributed by atoms with van der Waals surface area (Å²) < 4.78 is 0. The van der Waals surface area contributed by atoms with Gasteiger partial charge in [-0.3, -0.25) is 4.90 Å². The van der Waals surface area contributed by atoms with E-state index in [-0.39, 0.29) is 0 Å². The van der Waals surface area contributed by atoms with Crippen molar-refractivity contribution in [2.24, 2.45) is 0 Å². The number of anilines is 1. The van der Waals surface area contributed by atoms with E-state index >= 15 is 0 Å². The molecule has 0 radical (unpaired) electrons. The zero-order chi connectivity index (χ0) is 16.8. The van der Waals surface area contributed by atoms with Crippen LogP contribution in [-0.2, 0) is 0 Å². The number of nitrogens with one attached hydrogen (secondary N) is 1. The zero-order valence-corrected chi connectivity index (χ0v) is 14.5. The number of piperazine rings is 1. The molecule has 5 rings (SSSR count). The fourth-order valence-electron chi connectivity index (χ4n) is 4.37. The van der Waals surface area contributed by atoms with Crippen molar-refractivity contribution in [2.45, 2.75) is 31.3 Å². The molecule has 5 nitrogen and oxygen atoms in total. The third-order valence-corrected chi connectivity index (χ3v) is 5.91. The number of H-pyrrole nitrogens is 1. The molecule has 4 heterocycles. The standard InChI is InChI=1S/C20H23N5/c1-24-16-3-2-4-17(24)13-25(12-16)20-8-7-19(22-23-20)14-5-6-18-15(11-14)9-10-21-18/h5-11,16-17,21H,2-4,12-13H2,1H3. The molecular weight excluding hydrogens is 310 g/mol. The molecule has 1 N–H and O–H groups in total. The van der Waals surface area contributed by atoms with Gasteiger partial charge in [0.1, 0.15) is 0 Å². The summed E-state index contributed by atoms with van der Waals surface area (Å²) in [4.78, 5) is 8.21. The summed E-state index contributed by atoms with van der Waals surface area (Å²) in [6, 6.07) is 14.0. The molecule has 2 unspecified atom stereocenters. The van der Waals surface area contributed by atoms with Crippen molar-refractivity contribution in [1.29, 1.82) is 0 Å². The van der Waals surface area contributed by atoms with E-state index in [0.29, 0.717) is 12.1 Å². The SMILES string of the molecule is CN1C2CCCC1CN(c1ccc(-c3ccc4[nH]ccc4c3)nn1)C2. The van der Waals surface area contributed by atoms with Crippen LogP contribution in [0.1, 0.15) is 19.3 Å². The Morgan fingerprint density at radius 2 is 1.84 bits per heavy atom. The maximum Gasteiger partial charge on any atom is 0.151 e. The zero-order valence-electron chi connectivity index (χ0n) is 14.5. The van der Waals surface area contributed by atoms with Crippen LogP contribution in [0.4, 0.5) is 5.82 Å². The molecule has 1 aromatic carbocycles. The number of piperidine rings is 1. The first kappa shape index (κ1) is 14.9. The topological polar surface area (TPSA) is 48.0 Å². The van der Waals surface area contributed by atoms with Gasteiger partial charge in [-0.25, -0.2) is 0 Å². The van der Waals surface area contributed by atoms with Crippen LogP contribution in [0.5, 0.6) is 0 Å². The number of hydrogen-bond donors (Lipinski definition) is 1. The molecular formula is C20H23N5. The summed E-state index contributed by atoms with van der Waals surface area (Å²) in [6.45, 7) is 2.13. The van der Waals surface area contributed by atoms with Crippen LogP contribution in [0.2, 0.25) is 0 Å². The predicted molar refractivity (Wildman–Crippen MR) is 101 cm³/mol. The molecule has 2 aliphatic heterocycles. The van der Waals surface area contributed by atoms with Gasteiger partial charge in [0.05, 0.1) is 5.69 Å². The van der Waals surface area contributed by atoms with Crippen LogP contribution in [-0.4, -0.2) is 52.3 Å². The Morgan fingerprint density at radius 1 is 1.00 bits per heavy atom. The summed E-state index contributed by atoms with van der Waals surface area (Å²) in [7, 11) is 2.28. The molecule has 0 saturated carbocycles. The molecule has 2 aliphatic rings. The number of benzene rings is 1. The fraction of sp³-hybridized carbons (Fsp3) is 0.400. The van der Waals surface area contributed by atoms with Gasteiger partial charge >= 0.3 is 0 Å². The maximum atomic E-state index is 4.55. The summed E-state index contributed by atoms with van der Waals surface area (Å²) in [5, 5.41) is 10.3. The molecule has 5 heteroatoms. The van der Waals surface area contributed by atoms with Crippen molar-refractivity contribution in [2.75, 3.05) is 25.0 Å². The van der Waals surface area contributed by atoms with E-state index in [1.165, 1.54) is 24.6 Å². The normalized spacial score (nSPS) is 24.0. The first-order valence-corrected chi connectivity index (χ1v) is 9.16. The number of aromatic nitrogens is 3. The second-order valence-electron chi connectivity index (χ2n) is 7.37. The molecule has 2 saturated heterocycles. The Labute approximate surface area is 147 Å². The van der Waals surface area contributed by atoms with Gasteiger partial charge in [-0.2, -0.15) is 0 Å². The van der Waals surface area contributed by atoms with Crippen LogP contribution in [0.25, 0.3) is 22.2 Å². The van der Waals surface area contributed by atoms with Crippen LogP contribution >= 0.6 is 0 Å². The van der Waals surface area contributed by atoms with Crippen molar-refractivity contribution in [3.8, 4) is 11.3 Å². The van der Waals surface area contributed by atoms with E-state index in [9.17, 15) is 0 Å². The van der Waals surface area contributed by atoms with E-state index in [1.807, 2.05) is 6.20 Å². The Bertz CT molecular complexity index is 870. The highest BCUT2D eigenvalue weighted by molar-refractivity contribution is 5.84. The van der Waals surface area contributed by atoms with Gasteiger partial charge in [0.2, 0.25) is 0 Å². The van der Waals surface area contributed by atoms with Crippen LogP contribution in [0.15, 0.2) is 42.6 Å².